The fraction of sp³-hybridized carbons (Fsp3) is 0. The molecule has 9 heteroatoms. The molecule has 0 aliphatic heterocycles. The summed E-state index contributed by atoms with van der Waals surface area (Å²) in [6.45, 7) is 0. The first-order chi connectivity index (χ1) is 10.3. The van der Waals surface area contributed by atoms with E-state index in [9.17, 15) is 10.1 Å². The minimum Gasteiger partial charge on any atom is -0.258 e. The Hall–Kier alpha value is -2.36. The number of benzene rings is 1. The molecule has 3 rings (SSSR count). The number of hydrogen-bond acceptors (Lipinski definition) is 6. The van der Waals surface area contributed by atoms with Crippen LogP contribution in [0, 0.1) is 20.4 Å². The number of non-ortho nitro benzene ring substituents is 1. The molecule has 0 amide bonds. The number of halogens is 1. The van der Waals surface area contributed by atoms with Crippen molar-refractivity contribution >= 4 is 22.1 Å². The van der Waals surface area contributed by atoms with Crippen LogP contribution in [0.5, 0.6) is 0 Å². The Balaban J connectivity index is 0.000000309. The fourth-order valence-corrected chi connectivity index (χ4v) is 2.06. The molecule has 0 atom stereocenters. The minimum atomic E-state index is -4.94. The third kappa shape index (κ3) is 3.85. The first kappa shape index (κ1) is 16.0. The summed E-state index contributed by atoms with van der Waals surface area (Å²) in [5.74, 6) is 0. The molecule has 8 nitrogen and oxygen atoms in total. The Morgan fingerprint density at radius 3 is 2.23 bits per heavy atom. The summed E-state index contributed by atoms with van der Waals surface area (Å²) in [4.78, 5) is 10.6. The minimum absolute atomic E-state index is 0.140. The summed E-state index contributed by atoms with van der Waals surface area (Å²) in [5.41, 5.74) is 2.00. The monoisotopic (exact) mass is 324 g/mol. The van der Waals surface area contributed by atoms with Crippen molar-refractivity contribution in [3.63, 3.8) is 0 Å². The van der Waals surface area contributed by atoms with E-state index in [1.165, 1.54) is 6.07 Å². The van der Waals surface area contributed by atoms with E-state index in [1.807, 2.05) is 40.9 Å². The van der Waals surface area contributed by atoms with Crippen LogP contribution in [0.2, 0.25) is 0 Å². The van der Waals surface area contributed by atoms with E-state index < -0.39 is 10.2 Å². The maximum atomic E-state index is 10.9. The molecule has 0 spiro atoms. The number of nitrogens with zero attached hydrogens (tertiary/aromatic N) is 2. The van der Waals surface area contributed by atoms with Crippen molar-refractivity contribution in [1.82, 2.24) is 0 Å². The first-order valence-electron chi connectivity index (χ1n) is 5.85. The number of aromatic nitrogens is 1. The Bertz CT molecular complexity index is 827. The first-order valence-corrected chi connectivity index (χ1v) is 7.09. The van der Waals surface area contributed by atoms with E-state index in [1.54, 1.807) is 12.1 Å². The summed E-state index contributed by atoms with van der Waals surface area (Å²) in [6.07, 6.45) is 1.90. The molecule has 0 N–H and O–H groups in total. The predicted octanol–water partition coefficient (Wildman–Crippen LogP) is -2.27. The van der Waals surface area contributed by atoms with E-state index in [-0.39, 0.29) is 10.6 Å². The smallest absolute Gasteiger partial charge is 0.258 e. The van der Waals surface area contributed by atoms with Crippen LogP contribution < -0.4 is 23.0 Å². The Morgan fingerprint density at radius 2 is 1.59 bits per heavy atom. The molecule has 2 heterocycles. The lowest BCUT2D eigenvalue weighted by atomic mass is 10.1. The van der Waals surface area contributed by atoms with E-state index in [0.29, 0.717) is 5.39 Å². The van der Waals surface area contributed by atoms with Crippen LogP contribution >= 0.6 is 0 Å². The van der Waals surface area contributed by atoms with Gasteiger partial charge in [-0.15, -0.1) is 10.2 Å². The highest BCUT2D eigenvalue weighted by Crippen LogP contribution is 2.23. The molecule has 0 fully saturated rings. The zero-order chi connectivity index (χ0) is 16.3. The molecule has 0 radical (unpaired) electrons. The zero-order valence-corrected chi connectivity index (χ0v) is 11.7. The van der Waals surface area contributed by atoms with E-state index >= 15 is 0 Å². The molecule has 22 heavy (non-hydrogen) atoms. The zero-order valence-electron chi connectivity index (χ0n) is 10.9. The summed E-state index contributed by atoms with van der Waals surface area (Å²) in [7, 11) is -4.94. The van der Waals surface area contributed by atoms with Crippen molar-refractivity contribution in [3.05, 3.63) is 64.8 Å². The van der Waals surface area contributed by atoms with E-state index in [0.717, 1.165) is 11.0 Å². The van der Waals surface area contributed by atoms with Crippen LogP contribution in [0.3, 0.4) is 0 Å². The third-order valence-corrected chi connectivity index (χ3v) is 2.83. The van der Waals surface area contributed by atoms with Crippen molar-refractivity contribution < 1.29 is 38.2 Å². The van der Waals surface area contributed by atoms with Gasteiger partial charge in [0.2, 0.25) is 11.0 Å². The number of nitro benzene ring substituents is 1. The van der Waals surface area contributed by atoms with Gasteiger partial charge in [-0.25, -0.2) is 18.6 Å². The van der Waals surface area contributed by atoms with Gasteiger partial charge in [0, 0.05) is 30.3 Å². The SMILES string of the molecule is O=[N+]([O-])c1cccc2c1ccc1cccc[n+]12.[O-][Cl+3]([O-])([O-])[O-]. The fourth-order valence-electron chi connectivity index (χ4n) is 2.06. The molecular formula is C13H9ClN2O6. The summed E-state index contributed by atoms with van der Waals surface area (Å²) in [5, 5.41) is 11.6. The second-order valence-corrected chi connectivity index (χ2v) is 4.93. The van der Waals surface area contributed by atoms with Gasteiger partial charge in [-0.2, -0.15) is 4.40 Å². The van der Waals surface area contributed by atoms with Gasteiger partial charge in [0.25, 0.3) is 5.69 Å². The standard InChI is InChI=1S/C13H9N2O2.ClHO4/c16-15(17)13-6-3-5-12-11(13)8-7-10-4-1-2-9-14(10)12;2-1(3,4)5/h1-9H;(H,2,3,4,5)/q+1;/p-1. The van der Waals surface area contributed by atoms with Crippen LogP contribution in [0.15, 0.2) is 54.7 Å². The molecule has 0 unspecified atom stereocenters. The van der Waals surface area contributed by atoms with Crippen LogP contribution in [-0.4, -0.2) is 4.92 Å². The second kappa shape index (κ2) is 6.18. The third-order valence-electron chi connectivity index (χ3n) is 2.83. The highest BCUT2D eigenvalue weighted by Gasteiger charge is 2.17. The summed E-state index contributed by atoms with van der Waals surface area (Å²) < 4.78 is 35.9. The van der Waals surface area contributed by atoms with E-state index in [4.69, 9.17) is 18.6 Å². The predicted molar refractivity (Wildman–Crippen MR) is 63.8 cm³/mol. The lowest BCUT2D eigenvalue weighted by molar-refractivity contribution is -2.00. The highest BCUT2D eigenvalue weighted by atomic mass is 35.7. The molecular weight excluding hydrogens is 316 g/mol. The van der Waals surface area contributed by atoms with Gasteiger partial charge in [-0.05, 0) is 18.2 Å². The topological polar surface area (TPSA) is 139 Å². The van der Waals surface area contributed by atoms with Crippen molar-refractivity contribution in [2.24, 2.45) is 0 Å². The van der Waals surface area contributed by atoms with Gasteiger partial charge in [-0.3, -0.25) is 10.1 Å². The van der Waals surface area contributed by atoms with Crippen molar-refractivity contribution in [2.75, 3.05) is 0 Å². The molecule has 3 aromatic rings. The van der Waals surface area contributed by atoms with Crippen LogP contribution in [0.4, 0.5) is 5.69 Å². The van der Waals surface area contributed by atoms with Crippen LogP contribution in [0.25, 0.3) is 16.4 Å². The number of fused-ring (bicyclic) bond motifs is 3. The molecule has 0 aliphatic carbocycles. The summed E-state index contributed by atoms with van der Waals surface area (Å²) >= 11 is 0. The highest BCUT2D eigenvalue weighted by molar-refractivity contribution is 5.86. The Labute approximate surface area is 126 Å². The van der Waals surface area contributed by atoms with Gasteiger partial charge in [0.1, 0.15) is 5.39 Å². The molecule has 2 aromatic heterocycles. The average Bonchev–Trinajstić information content (AvgIpc) is 2.44. The van der Waals surface area contributed by atoms with Crippen molar-refractivity contribution in [3.8, 4) is 0 Å². The lowest BCUT2D eigenvalue weighted by Gasteiger charge is -2.17. The van der Waals surface area contributed by atoms with Gasteiger partial charge >= 0.3 is 0 Å². The number of pyridine rings is 2. The van der Waals surface area contributed by atoms with Gasteiger partial charge in [-0.1, -0.05) is 0 Å². The number of rotatable bonds is 1. The Morgan fingerprint density at radius 1 is 0.909 bits per heavy atom. The summed E-state index contributed by atoms with van der Waals surface area (Å²) in [6, 6.07) is 14.6. The number of hydrogen-bond donors (Lipinski definition) is 0. The largest absolute Gasteiger partial charge is 0.283 e. The normalized spacial score (nSPS) is 11.1. The van der Waals surface area contributed by atoms with Crippen molar-refractivity contribution in [2.45, 2.75) is 0 Å². The molecule has 0 saturated carbocycles. The van der Waals surface area contributed by atoms with Crippen LogP contribution in [-0.2, 0) is 0 Å². The molecule has 1 aromatic carbocycles. The lowest BCUT2D eigenvalue weighted by Crippen LogP contribution is -2.68. The molecule has 0 saturated heterocycles. The Kier molecular flexibility index (Phi) is 4.50. The van der Waals surface area contributed by atoms with Crippen molar-refractivity contribution in [1.29, 1.82) is 0 Å². The second-order valence-electron chi connectivity index (χ2n) is 4.17. The van der Waals surface area contributed by atoms with Crippen LogP contribution in [0.1, 0.15) is 0 Å². The average molecular weight is 325 g/mol. The maximum Gasteiger partial charge on any atom is 0.283 e. The molecule has 114 valence electrons. The van der Waals surface area contributed by atoms with Gasteiger partial charge < -0.3 is 0 Å². The van der Waals surface area contributed by atoms with Gasteiger partial charge in [0.05, 0.1) is 4.92 Å². The molecule has 0 aliphatic rings. The van der Waals surface area contributed by atoms with E-state index in [2.05, 4.69) is 0 Å². The quantitative estimate of drug-likeness (QED) is 0.214. The number of nitro groups is 1. The van der Waals surface area contributed by atoms with Gasteiger partial charge in [0.15, 0.2) is 6.20 Å². The molecule has 0 bridgehead atoms. The maximum absolute atomic E-state index is 10.9.